The Kier molecular flexibility index (Phi) is 6.51. The number of sulfonamides is 2. The second kappa shape index (κ2) is 8.94. The van der Waals surface area contributed by atoms with Crippen molar-refractivity contribution in [2.75, 3.05) is 17.9 Å². The normalized spacial score (nSPS) is 14.0. The molecule has 1 heterocycles. The van der Waals surface area contributed by atoms with Crippen molar-refractivity contribution < 1.29 is 31.5 Å². The molecule has 31 heavy (non-hydrogen) atoms. The Morgan fingerprint density at radius 1 is 1.06 bits per heavy atom. The molecular weight excluding hydrogens is 446 g/mol. The van der Waals surface area contributed by atoms with Gasteiger partial charge in [-0.1, -0.05) is 6.07 Å². The molecule has 0 saturated carbocycles. The molecule has 0 saturated heterocycles. The predicted octanol–water partition coefficient (Wildman–Crippen LogP) is 1.73. The summed E-state index contributed by atoms with van der Waals surface area (Å²) in [6.45, 7) is 1.60. The van der Waals surface area contributed by atoms with Crippen molar-refractivity contribution in [3.05, 3.63) is 48.0 Å². The molecule has 12 heteroatoms. The minimum atomic E-state index is -4.03. The first kappa shape index (κ1) is 22.6. The van der Waals surface area contributed by atoms with E-state index in [1.54, 1.807) is 6.92 Å². The van der Waals surface area contributed by atoms with E-state index in [2.05, 4.69) is 14.4 Å². The maximum atomic E-state index is 12.7. The summed E-state index contributed by atoms with van der Waals surface area (Å²) in [5.74, 6) is -0.524. The number of ether oxygens (including phenoxy) is 1. The van der Waals surface area contributed by atoms with Crippen LogP contribution in [0.4, 0.5) is 5.69 Å². The largest absolute Gasteiger partial charge is 0.482 e. The summed E-state index contributed by atoms with van der Waals surface area (Å²) in [5.41, 5.74) is 0.502. The highest BCUT2D eigenvalue weighted by Gasteiger charge is 2.20. The predicted molar refractivity (Wildman–Crippen MR) is 113 cm³/mol. The highest BCUT2D eigenvalue weighted by molar-refractivity contribution is 7.92. The van der Waals surface area contributed by atoms with Crippen LogP contribution < -0.4 is 14.2 Å². The first-order valence-corrected chi connectivity index (χ1v) is 12.2. The van der Waals surface area contributed by atoms with Gasteiger partial charge in [0.1, 0.15) is 11.6 Å². The number of hydrogen-bond donors (Lipinski definition) is 3. The molecule has 0 aliphatic carbocycles. The molecule has 2 aromatic carbocycles. The van der Waals surface area contributed by atoms with Crippen LogP contribution in [-0.4, -0.2) is 46.9 Å². The van der Waals surface area contributed by atoms with Crippen LogP contribution in [0.15, 0.2) is 57.2 Å². The monoisotopic (exact) mass is 467 g/mol. The van der Waals surface area contributed by atoms with Gasteiger partial charge < -0.3 is 9.84 Å². The molecule has 0 radical (unpaired) electrons. The maximum Gasteiger partial charge on any atom is 0.341 e. The van der Waals surface area contributed by atoms with Crippen molar-refractivity contribution in [3.63, 3.8) is 0 Å². The van der Waals surface area contributed by atoms with Crippen LogP contribution in [0, 0.1) is 6.92 Å². The minimum Gasteiger partial charge on any atom is -0.482 e. The lowest BCUT2D eigenvalue weighted by atomic mass is 10.2. The van der Waals surface area contributed by atoms with E-state index in [1.807, 2.05) is 0 Å². The Bertz CT molecular complexity index is 1240. The van der Waals surface area contributed by atoms with Gasteiger partial charge >= 0.3 is 5.97 Å². The van der Waals surface area contributed by atoms with Gasteiger partial charge in [0.05, 0.1) is 15.5 Å². The van der Waals surface area contributed by atoms with Crippen LogP contribution in [0.25, 0.3) is 0 Å². The molecule has 0 spiro atoms. The van der Waals surface area contributed by atoms with Crippen molar-refractivity contribution in [2.24, 2.45) is 4.99 Å². The van der Waals surface area contributed by atoms with E-state index in [0.717, 1.165) is 6.42 Å². The zero-order valence-corrected chi connectivity index (χ0v) is 18.2. The van der Waals surface area contributed by atoms with Crippen LogP contribution in [-0.2, 0) is 24.8 Å². The fourth-order valence-corrected chi connectivity index (χ4v) is 5.14. The topological polar surface area (TPSA) is 151 Å². The third-order valence-corrected chi connectivity index (χ3v) is 7.09. The van der Waals surface area contributed by atoms with Gasteiger partial charge in [-0.25, -0.2) is 21.6 Å². The summed E-state index contributed by atoms with van der Waals surface area (Å²) in [5, 5.41) is 8.69. The summed E-state index contributed by atoms with van der Waals surface area (Å²) in [6.07, 6.45) is 1.31. The van der Waals surface area contributed by atoms with Gasteiger partial charge in [0.2, 0.25) is 0 Å². The van der Waals surface area contributed by atoms with E-state index in [4.69, 9.17) is 9.84 Å². The highest BCUT2D eigenvalue weighted by Crippen LogP contribution is 2.24. The molecule has 3 rings (SSSR count). The number of nitrogens with one attached hydrogen (secondary N) is 2. The van der Waals surface area contributed by atoms with E-state index >= 15 is 0 Å². The van der Waals surface area contributed by atoms with Crippen molar-refractivity contribution in [2.45, 2.75) is 29.6 Å². The molecule has 1 aliphatic rings. The van der Waals surface area contributed by atoms with Gasteiger partial charge in [-0.2, -0.15) is 0 Å². The van der Waals surface area contributed by atoms with Crippen LogP contribution in [0.1, 0.15) is 18.4 Å². The molecule has 10 nitrogen and oxygen atoms in total. The lowest BCUT2D eigenvalue weighted by molar-refractivity contribution is -0.139. The number of carboxylic acid groups (broad SMARTS) is 1. The van der Waals surface area contributed by atoms with E-state index in [0.29, 0.717) is 24.4 Å². The molecule has 0 aromatic heterocycles. The number of aliphatic carboxylic acids is 1. The van der Waals surface area contributed by atoms with E-state index in [-0.39, 0.29) is 21.2 Å². The van der Waals surface area contributed by atoms with Gasteiger partial charge in [-0.15, -0.1) is 0 Å². The zero-order valence-electron chi connectivity index (χ0n) is 16.5. The number of amidine groups is 1. The zero-order chi connectivity index (χ0) is 22.6. The molecule has 1 aliphatic heterocycles. The average molecular weight is 468 g/mol. The minimum absolute atomic E-state index is 0.0695. The Morgan fingerprint density at radius 2 is 1.77 bits per heavy atom. The van der Waals surface area contributed by atoms with Gasteiger partial charge in [0, 0.05) is 13.0 Å². The Labute approximate surface area is 180 Å². The molecule has 0 amide bonds. The SMILES string of the molecule is Cc1cc(S(=O)(=O)Nc2cccc(S(=O)(=O)NC3=NCCC3)c2)ccc1OCC(=O)O. The van der Waals surface area contributed by atoms with E-state index in [9.17, 15) is 21.6 Å². The molecule has 2 aromatic rings. The fraction of sp³-hybridized carbons (Fsp3) is 0.263. The van der Waals surface area contributed by atoms with Crippen LogP contribution >= 0.6 is 0 Å². The molecule has 3 N–H and O–H groups in total. The molecule has 0 atom stereocenters. The fourth-order valence-electron chi connectivity index (χ4n) is 2.87. The van der Waals surface area contributed by atoms with E-state index < -0.39 is 32.6 Å². The molecule has 0 bridgehead atoms. The number of carbonyl (C=O) groups is 1. The number of rotatable bonds is 8. The number of benzene rings is 2. The molecule has 166 valence electrons. The van der Waals surface area contributed by atoms with Gasteiger partial charge in [-0.3, -0.25) is 14.4 Å². The maximum absolute atomic E-state index is 12.7. The third-order valence-electron chi connectivity index (χ3n) is 4.33. The van der Waals surface area contributed by atoms with Crippen LogP contribution in [0.5, 0.6) is 5.75 Å². The lowest BCUT2D eigenvalue weighted by Gasteiger charge is -2.13. The molecule has 0 fully saturated rings. The summed E-state index contributed by atoms with van der Waals surface area (Å²) >= 11 is 0. The summed E-state index contributed by atoms with van der Waals surface area (Å²) < 4.78 is 60.4. The number of carboxylic acids is 1. The van der Waals surface area contributed by atoms with Crippen LogP contribution in [0.3, 0.4) is 0 Å². The standard InChI is InChI=1S/C19H21N3O7S2/c1-13-10-16(7-8-17(13)29-12-19(23)24)30(25,26)21-14-4-2-5-15(11-14)31(27,28)22-18-6-3-9-20-18/h2,4-5,7-8,10-11,21H,3,6,9,12H2,1H3,(H,20,22)(H,23,24). The number of aliphatic imine (C=N–C) groups is 1. The van der Waals surface area contributed by atoms with Gasteiger partial charge in [-0.05, 0) is 55.3 Å². The highest BCUT2D eigenvalue weighted by atomic mass is 32.2. The van der Waals surface area contributed by atoms with Crippen LogP contribution in [0.2, 0.25) is 0 Å². The van der Waals surface area contributed by atoms with Crippen molar-refractivity contribution in [1.82, 2.24) is 4.72 Å². The summed E-state index contributed by atoms with van der Waals surface area (Å²) in [4.78, 5) is 14.5. The Hall–Kier alpha value is -3.12. The van der Waals surface area contributed by atoms with Crippen molar-refractivity contribution in [3.8, 4) is 5.75 Å². The second-order valence-electron chi connectivity index (χ2n) is 6.78. The van der Waals surface area contributed by atoms with Gasteiger partial charge in [0.15, 0.2) is 6.61 Å². The first-order chi connectivity index (χ1) is 14.6. The smallest absolute Gasteiger partial charge is 0.341 e. The Morgan fingerprint density at radius 3 is 2.42 bits per heavy atom. The number of hydrogen-bond acceptors (Lipinski definition) is 7. The van der Waals surface area contributed by atoms with E-state index in [1.165, 1.54) is 42.5 Å². The summed E-state index contributed by atoms with van der Waals surface area (Å²) in [7, 11) is -7.92. The van der Waals surface area contributed by atoms with Crippen molar-refractivity contribution in [1.29, 1.82) is 0 Å². The molecular formula is C19H21N3O7S2. The molecule has 0 unspecified atom stereocenters. The lowest BCUT2D eigenvalue weighted by Crippen LogP contribution is -2.29. The average Bonchev–Trinajstić information content (AvgIpc) is 3.19. The number of aryl methyl sites for hydroxylation is 1. The van der Waals surface area contributed by atoms with Gasteiger partial charge in [0.25, 0.3) is 20.0 Å². The van der Waals surface area contributed by atoms with Crippen molar-refractivity contribution >= 4 is 37.5 Å². The first-order valence-electron chi connectivity index (χ1n) is 9.21. The Balaban J connectivity index is 1.79. The third kappa shape index (κ3) is 5.73. The number of anilines is 1. The number of nitrogens with zero attached hydrogens (tertiary/aromatic N) is 1. The quantitative estimate of drug-likeness (QED) is 0.535. The summed E-state index contributed by atoms with van der Waals surface area (Å²) in [6, 6.07) is 9.39. The second-order valence-corrected chi connectivity index (χ2v) is 10.1.